The van der Waals surface area contributed by atoms with E-state index in [0.29, 0.717) is 102 Å². The van der Waals surface area contributed by atoms with Gasteiger partial charge in [-0.1, -0.05) is 133 Å². The Morgan fingerprint density at radius 2 is 0.357 bits per heavy atom. The van der Waals surface area contributed by atoms with Crippen LogP contribution in [0.15, 0.2) is 354 Å². The monoisotopic (exact) mass is 1670 g/mol. The second-order valence-electron chi connectivity index (χ2n) is 27.6. The third-order valence-corrected chi connectivity index (χ3v) is 19.3. The van der Waals surface area contributed by atoms with Crippen LogP contribution < -0.4 is 0 Å². The molecule has 30 heteroatoms. The summed E-state index contributed by atoms with van der Waals surface area (Å²) in [6.07, 6.45) is 0. The lowest BCUT2D eigenvalue weighted by Crippen LogP contribution is -1.91. The van der Waals surface area contributed by atoms with Crippen LogP contribution in [-0.4, -0.2) is 91.1 Å². The molecule has 9 aromatic carbocycles. The summed E-state index contributed by atoms with van der Waals surface area (Å²) in [5, 5.41) is 50.0. The van der Waals surface area contributed by atoms with Gasteiger partial charge >= 0.3 is 0 Å². The molecule has 126 heavy (non-hydrogen) atoms. The topological polar surface area (TPSA) is 311 Å². The zero-order valence-corrected chi connectivity index (χ0v) is 64.9. The molecule has 0 amide bonds. The lowest BCUT2D eigenvalue weighted by Gasteiger charge is -2.04. The maximum atomic E-state index is 14.3. The lowest BCUT2D eigenvalue weighted by atomic mass is 10.1. The minimum atomic E-state index is -0.743. The smallest absolute Gasteiger partial charge is 0.266 e. The van der Waals surface area contributed by atoms with Crippen LogP contribution in [0.25, 0.3) is 206 Å². The molecule has 12 aromatic heterocycles. The standard InChI is InChI=1S/C32H16F4N6O2.C32H18F2N6O2.C32H20N6O2/c33-19-10-12-21(23(35)15-19)25-6-2-8-27(37-25)31-41-39-29(43-31)17-4-1-5-18(14-17)30-40-42-32(44-30)28-9-3-7-26(38-28)22-13-11-20(34)16-24(22)36;33-23-12-3-1-10-21(23)25-14-6-16-27(35-25)31-39-37-29(41-31)19-8-5-9-20(18-19)30-38-40-32(42-30)28-17-7-15-26(36-28)22-11-2-4-13-24(22)34;1-3-9-21(10-4-1)25-13-7-15-27(33-25)31-37-35-29(39-31)23-17-19-24(20-18-23)30-36-38-32(40-30)28-16-8-14-26(34-28)22-11-5-2-6-12-22/h1-16H;1-18H;1-20H. The Bertz CT molecular complexity index is 7090. The summed E-state index contributed by atoms with van der Waals surface area (Å²) in [7, 11) is 0. The van der Waals surface area contributed by atoms with Crippen molar-refractivity contribution in [3.8, 4) is 206 Å². The Kier molecular flexibility index (Phi) is 21.7. The van der Waals surface area contributed by atoms with Crippen molar-refractivity contribution >= 4 is 0 Å². The first-order valence-electron chi connectivity index (χ1n) is 38.5. The number of hydrogen-bond acceptors (Lipinski definition) is 24. The molecule has 21 rings (SSSR count). The van der Waals surface area contributed by atoms with Crippen LogP contribution in [0.5, 0.6) is 0 Å². The number of pyridine rings is 6. The van der Waals surface area contributed by atoms with Crippen LogP contribution in [0.2, 0.25) is 0 Å². The highest BCUT2D eigenvalue weighted by Gasteiger charge is 2.24. The van der Waals surface area contributed by atoms with Crippen LogP contribution in [0.3, 0.4) is 0 Å². The van der Waals surface area contributed by atoms with Crippen LogP contribution in [0.4, 0.5) is 26.3 Å². The van der Waals surface area contributed by atoms with Crippen molar-refractivity contribution in [2.45, 2.75) is 0 Å². The van der Waals surface area contributed by atoms with E-state index in [4.69, 9.17) is 36.5 Å². The molecule has 12 heterocycles. The summed E-state index contributed by atoms with van der Waals surface area (Å²) in [6.45, 7) is 0. The predicted molar refractivity (Wildman–Crippen MR) is 451 cm³/mol. The zero-order valence-electron chi connectivity index (χ0n) is 64.9. The molecule has 0 aliphatic rings. The number of aromatic nitrogens is 18. The Morgan fingerprint density at radius 3 is 0.635 bits per heavy atom. The van der Waals surface area contributed by atoms with Gasteiger partial charge in [-0.05, 0) is 182 Å². The van der Waals surface area contributed by atoms with Crippen molar-refractivity contribution in [3.05, 3.63) is 362 Å². The van der Waals surface area contributed by atoms with E-state index >= 15 is 0 Å². The van der Waals surface area contributed by atoms with E-state index in [2.05, 4.69) is 81.1 Å². The Hall–Kier alpha value is -17.7. The van der Waals surface area contributed by atoms with Gasteiger partial charge in [0.25, 0.3) is 35.3 Å². The van der Waals surface area contributed by atoms with E-state index in [9.17, 15) is 26.3 Å². The average Bonchev–Trinajstić information content (AvgIpc) is 1.73. The van der Waals surface area contributed by atoms with Crippen LogP contribution >= 0.6 is 0 Å². The van der Waals surface area contributed by atoms with Gasteiger partial charge < -0.3 is 26.5 Å². The molecule has 0 atom stereocenters. The summed E-state index contributed by atoms with van der Waals surface area (Å²) < 4.78 is 119. The van der Waals surface area contributed by atoms with Crippen LogP contribution in [-0.2, 0) is 0 Å². The predicted octanol–water partition coefficient (Wildman–Crippen LogP) is 22.6. The number of rotatable bonds is 18. The van der Waals surface area contributed by atoms with Crippen LogP contribution in [0.1, 0.15) is 0 Å². The summed E-state index contributed by atoms with van der Waals surface area (Å²) in [5.41, 5.74) is 12.7. The zero-order chi connectivity index (χ0) is 85.4. The van der Waals surface area contributed by atoms with Crippen LogP contribution in [0, 0.1) is 34.9 Å². The van der Waals surface area contributed by atoms with E-state index in [-0.39, 0.29) is 81.3 Å². The van der Waals surface area contributed by atoms with Crippen molar-refractivity contribution in [2.24, 2.45) is 0 Å². The summed E-state index contributed by atoms with van der Waals surface area (Å²) in [4.78, 5) is 27.2. The molecule has 0 radical (unpaired) electrons. The molecule has 0 aliphatic heterocycles. The molecular formula is C96H54F6N18O6. The second-order valence-corrected chi connectivity index (χ2v) is 27.6. The fourth-order valence-electron chi connectivity index (χ4n) is 13.2. The molecule has 0 saturated carbocycles. The molecule has 0 aliphatic carbocycles. The normalized spacial score (nSPS) is 11.1. The Morgan fingerprint density at radius 1 is 0.143 bits per heavy atom. The van der Waals surface area contributed by atoms with Gasteiger partial charge in [0.05, 0.1) is 34.2 Å². The fraction of sp³-hybridized carbons (Fsp3) is 0. The van der Waals surface area contributed by atoms with Crippen molar-refractivity contribution in [1.29, 1.82) is 0 Å². The molecule has 24 nitrogen and oxygen atoms in total. The van der Waals surface area contributed by atoms with Gasteiger partial charge in [-0.25, -0.2) is 56.2 Å². The quantitative estimate of drug-likeness (QED) is 0.0720. The average molecular weight is 1670 g/mol. The number of nitrogens with zero attached hydrogens (tertiary/aromatic N) is 18. The maximum absolute atomic E-state index is 14.3. The van der Waals surface area contributed by atoms with Crippen molar-refractivity contribution in [3.63, 3.8) is 0 Å². The number of hydrogen-bond donors (Lipinski definition) is 0. The van der Waals surface area contributed by atoms with Gasteiger partial charge in [0.15, 0.2) is 0 Å². The highest BCUT2D eigenvalue weighted by molar-refractivity contribution is 5.73. The third kappa shape index (κ3) is 17.1. The van der Waals surface area contributed by atoms with Gasteiger partial charge in [-0.2, -0.15) is 0 Å². The van der Waals surface area contributed by atoms with E-state index in [1.165, 1.54) is 24.3 Å². The second kappa shape index (κ2) is 34.9. The van der Waals surface area contributed by atoms with Gasteiger partial charge in [0.1, 0.15) is 69.1 Å². The first kappa shape index (κ1) is 78.2. The van der Waals surface area contributed by atoms with Crippen molar-refractivity contribution in [1.82, 2.24) is 91.1 Å². The van der Waals surface area contributed by atoms with E-state index in [1.54, 1.807) is 158 Å². The number of halogens is 6. The first-order chi connectivity index (χ1) is 61.8. The highest BCUT2D eigenvalue weighted by Crippen LogP contribution is 2.37. The molecule has 0 unspecified atom stereocenters. The summed E-state index contributed by atoms with van der Waals surface area (Å²) in [6, 6.07) is 92.4. The Labute approximate surface area is 708 Å². The lowest BCUT2D eigenvalue weighted by molar-refractivity contribution is 0.579. The first-order valence-corrected chi connectivity index (χ1v) is 38.5. The third-order valence-electron chi connectivity index (χ3n) is 19.3. The van der Waals surface area contributed by atoms with Gasteiger partial charge in [-0.15, -0.1) is 61.2 Å². The summed E-state index contributed by atoms with van der Waals surface area (Å²) in [5.74, 6) is -0.691. The van der Waals surface area contributed by atoms with Crippen molar-refractivity contribution < 1.29 is 52.8 Å². The van der Waals surface area contributed by atoms with E-state index < -0.39 is 23.3 Å². The molecule has 606 valence electrons. The summed E-state index contributed by atoms with van der Waals surface area (Å²) >= 11 is 0. The highest BCUT2D eigenvalue weighted by atomic mass is 19.2. The molecule has 21 aromatic rings. The van der Waals surface area contributed by atoms with E-state index in [0.717, 1.165) is 57.9 Å². The molecule has 0 bridgehead atoms. The molecule has 0 N–H and O–H groups in total. The Balaban J connectivity index is 0.000000124. The molecule has 0 saturated heterocycles. The van der Waals surface area contributed by atoms with Gasteiger partial charge in [0.2, 0.25) is 35.3 Å². The maximum Gasteiger partial charge on any atom is 0.266 e. The minimum absolute atomic E-state index is 0.0957. The SMILES string of the molecule is Fc1ccc(-c2cccc(-c3nnc(-c4cccc(-c5nnc(-c6cccc(-c7ccc(F)cc7F)n6)o5)c4)o3)n2)c(F)c1.Fc1ccccc1-c1cccc(-c2nnc(-c3cccc(-c4nnc(-c5cccc(-c6ccccc6F)n5)o4)c3)o2)n1.c1ccc(-c2cccc(-c3nnc(-c4ccc(-c5nnc(-c6cccc(-c7ccccc7)n6)o5)cc4)o3)n2)cc1. The van der Waals surface area contributed by atoms with Crippen molar-refractivity contribution in [2.75, 3.05) is 0 Å². The number of benzene rings is 9. The van der Waals surface area contributed by atoms with Gasteiger partial charge in [0, 0.05) is 78.9 Å². The molecular weight excluding hydrogens is 1620 g/mol. The van der Waals surface area contributed by atoms with Gasteiger partial charge in [-0.3, -0.25) is 0 Å². The molecule has 0 fully saturated rings. The van der Waals surface area contributed by atoms with E-state index in [1.807, 2.05) is 121 Å². The fourth-order valence-corrected chi connectivity index (χ4v) is 13.2. The molecule has 0 spiro atoms. The largest absolute Gasteiger partial charge is 0.415 e. The minimum Gasteiger partial charge on any atom is -0.415 e.